The predicted molar refractivity (Wildman–Crippen MR) is 88.4 cm³/mol. The smallest absolute Gasteiger partial charge is 0.269 e. The lowest BCUT2D eigenvalue weighted by Gasteiger charge is -2.08. The molecule has 8 heteroatoms. The summed E-state index contributed by atoms with van der Waals surface area (Å²) >= 11 is 0. The van der Waals surface area contributed by atoms with E-state index in [9.17, 15) is 14.0 Å². The number of aromatic nitrogens is 3. The molecule has 0 radical (unpaired) electrons. The van der Waals surface area contributed by atoms with Gasteiger partial charge in [-0.1, -0.05) is 12.1 Å². The normalized spacial score (nSPS) is 10.4. The van der Waals surface area contributed by atoms with E-state index in [2.05, 4.69) is 15.3 Å². The van der Waals surface area contributed by atoms with Crippen molar-refractivity contribution in [3.63, 3.8) is 0 Å². The van der Waals surface area contributed by atoms with E-state index in [4.69, 9.17) is 5.73 Å². The van der Waals surface area contributed by atoms with Crippen LogP contribution in [0.15, 0.2) is 55.1 Å². The molecule has 3 N–H and O–H groups in total. The van der Waals surface area contributed by atoms with Crippen LogP contribution in [0.25, 0.3) is 0 Å². The first-order valence-electron chi connectivity index (χ1n) is 7.35. The third-order valence-electron chi connectivity index (χ3n) is 3.49. The summed E-state index contributed by atoms with van der Waals surface area (Å²) in [6.45, 7) is 0.258. The number of nitrogens with two attached hydrogens (primary N) is 1. The molecule has 2 amide bonds. The molecule has 7 nitrogen and oxygen atoms in total. The number of primary amides is 1. The summed E-state index contributed by atoms with van der Waals surface area (Å²) in [5.41, 5.74) is 6.57. The highest BCUT2D eigenvalue weighted by Crippen LogP contribution is 2.16. The SMILES string of the molecule is NC(=O)c1c(NC(=O)c2cccnc2)ncn1Cc1ccc(F)cc1. The molecule has 0 saturated carbocycles. The molecule has 0 aliphatic carbocycles. The molecule has 2 heterocycles. The van der Waals surface area contributed by atoms with Gasteiger partial charge in [-0.3, -0.25) is 14.6 Å². The molecule has 126 valence electrons. The topological polar surface area (TPSA) is 103 Å². The quantitative estimate of drug-likeness (QED) is 0.740. The van der Waals surface area contributed by atoms with Crippen LogP contribution in [0, 0.1) is 5.82 Å². The van der Waals surface area contributed by atoms with Gasteiger partial charge in [-0.05, 0) is 29.8 Å². The van der Waals surface area contributed by atoms with Gasteiger partial charge < -0.3 is 15.6 Å². The summed E-state index contributed by atoms with van der Waals surface area (Å²) in [7, 11) is 0. The number of carbonyl (C=O) groups excluding carboxylic acids is 2. The van der Waals surface area contributed by atoms with Crippen molar-refractivity contribution in [2.45, 2.75) is 6.54 Å². The fraction of sp³-hybridized carbons (Fsp3) is 0.0588. The minimum absolute atomic E-state index is 0.0570. The standard InChI is InChI=1S/C17H14FN5O2/c18-13-5-3-11(4-6-13)9-23-10-21-16(14(23)15(19)24)22-17(25)12-2-1-7-20-8-12/h1-8,10H,9H2,(H2,19,24)(H,22,25). The Morgan fingerprint density at radius 1 is 1.20 bits per heavy atom. The highest BCUT2D eigenvalue weighted by Gasteiger charge is 2.19. The number of hydrogen-bond donors (Lipinski definition) is 2. The molecule has 0 fully saturated rings. The van der Waals surface area contributed by atoms with Gasteiger partial charge in [0.25, 0.3) is 11.8 Å². The molecule has 0 aliphatic rings. The Hall–Kier alpha value is -3.55. The number of anilines is 1. The maximum atomic E-state index is 13.0. The van der Waals surface area contributed by atoms with E-state index in [0.29, 0.717) is 5.56 Å². The molecule has 0 aliphatic heterocycles. The van der Waals surface area contributed by atoms with Crippen LogP contribution in [-0.2, 0) is 6.54 Å². The number of rotatable bonds is 5. The first-order valence-corrected chi connectivity index (χ1v) is 7.35. The fourth-order valence-corrected chi connectivity index (χ4v) is 2.32. The third kappa shape index (κ3) is 3.69. The molecule has 25 heavy (non-hydrogen) atoms. The Balaban J connectivity index is 1.86. The Kier molecular flexibility index (Phi) is 4.51. The molecule has 1 aromatic carbocycles. The Morgan fingerprint density at radius 3 is 2.60 bits per heavy atom. The van der Waals surface area contributed by atoms with Crippen molar-refractivity contribution in [2.75, 3.05) is 5.32 Å². The lowest BCUT2D eigenvalue weighted by atomic mass is 10.2. The zero-order valence-corrected chi connectivity index (χ0v) is 13.0. The summed E-state index contributed by atoms with van der Waals surface area (Å²) in [6, 6.07) is 9.03. The molecule has 0 unspecified atom stereocenters. The highest BCUT2D eigenvalue weighted by molar-refractivity contribution is 6.07. The molecule has 3 aromatic rings. The van der Waals surface area contributed by atoms with Crippen LogP contribution in [-0.4, -0.2) is 26.3 Å². The van der Waals surface area contributed by atoms with Gasteiger partial charge in [-0.25, -0.2) is 9.37 Å². The highest BCUT2D eigenvalue weighted by atomic mass is 19.1. The van der Waals surface area contributed by atoms with Crippen molar-refractivity contribution in [2.24, 2.45) is 5.73 Å². The second-order valence-electron chi connectivity index (χ2n) is 5.26. The zero-order valence-electron chi connectivity index (χ0n) is 13.0. The largest absolute Gasteiger partial charge is 0.364 e. The maximum absolute atomic E-state index is 13.0. The van der Waals surface area contributed by atoms with Crippen LogP contribution in [0.3, 0.4) is 0 Å². The van der Waals surface area contributed by atoms with E-state index in [-0.39, 0.29) is 23.9 Å². The lowest BCUT2D eigenvalue weighted by molar-refractivity contribution is 0.0993. The van der Waals surface area contributed by atoms with E-state index in [1.807, 2.05) is 0 Å². The number of imidazole rings is 1. The van der Waals surface area contributed by atoms with Crippen LogP contribution < -0.4 is 11.1 Å². The van der Waals surface area contributed by atoms with Crippen LogP contribution in [0.1, 0.15) is 26.4 Å². The molecule has 0 spiro atoms. The van der Waals surface area contributed by atoms with Crippen molar-refractivity contribution in [1.29, 1.82) is 0 Å². The summed E-state index contributed by atoms with van der Waals surface area (Å²) < 4.78 is 14.5. The summed E-state index contributed by atoms with van der Waals surface area (Å²) in [5.74, 6) is -1.49. The van der Waals surface area contributed by atoms with E-state index < -0.39 is 11.8 Å². The molecule has 0 saturated heterocycles. The van der Waals surface area contributed by atoms with Crippen LogP contribution in [0.4, 0.5) is 10.2 Å². The number of hydrogen-bond acceptors (Lipinski definition) is 4. The van der Waals surface area contributed by atoms with Gasteiger partial charge in [-0.15, -0.1) is 0 Å². The van der Waals surface area contributed by atoms with E-state index >= 15 is 0 Å². The van der Waals surface area contributed by atoms with Gasteiger partial charge in [0.05, 0.1) is 11.9 Å². The lowest BCUT2D eigenvalue weighted by Crippen LogP contribution is -2.21. The minimum Gasteiger partial charge on any atom is -0.364 e. The Bertz CT molecular complexity index is 907. The van der Waals surface area contributed by atoms with Crippen molar-refractivity contribution in [3.8, 4) is 0 Å². The van der Waals surface area contributed by atoms with Gasteiger partial charge in [0, 0.05) is 18.9 Å². The zero-order chi connectivity index (χ0) is 17.8. The molecular formula is C17H14FN5O2. The number of halogens is 1. The minimum atomic E-state index is -0.735. The average Bonchev–Trinajstić information content (AvgIpc) is 3.00. The van der Waals surface area contributed by atoms with Crippen molar-refractivity contribution in [3.05, 3.63) is 77.8 Å². The van der Waals surface area contributed by atoms with Crippen molar-refractivity contribution in [1.82, 2.24) is 14.5 Å². The van der Waals surface area contributed by atoms with Gasteiger partial charge in [0.15, 0.2) is 11.5 Å². The molecule has 0 bridgehead atoms. The van der Waals surface area contributed by atoms with Gasteiger partial charge in [0.2, 0.25) is 0 Å². The summed E-state index contributed by atoms with van der Waals surface area (Å²) in [6.07, 6.45) is 4.33. The first-order chi connectivity index (χ1) is 12.0. The maximum Gasteiger partial charge on any atom is 0.269 e. The number of nitrogens with one attached hydrogen (secondary N) is 1. The first kappa shape index (κ1) is 16.3. The Morgan fingerprint density at radius 2 is 1.96 bits per heavy atom. The van der Waals surface area contributed by atoms with Gasteiger partial charge in [0.1, 0.15) is 5.82 Å². The third-order valence-corrected chi connectivity index (χ3v) is 3.49. The van der Waals surface area contributed by atoms with E-state index in [0.717, 1.165) is 5.56 Å². The fourth-order valence-electron chi connectivity index (χ4n) is 2.32. The molecule has 3 rings (SSSR count). The van der Waals surface area contributed by atoms with Gasteiger partial charge >= 0.3 is 0 Å². The second-order valence-corrected chi connectivity index (χ2v) is 5.26. The number of pyridine rings is 1. The summed E-state index contributed by atoms with van der Waals surface area (Å²) in [5, 5.41) is 2.55. The molecule has 0 atom stereocenters. The number of nitrogens with zero attached hydrogens (tertiary/aromatic N) is 3. The van der Waals surface area contributed by atoms with Gasteiger partial charge in [-0.2, -0.15) is 0 Å². The Labute approximate surface area is 142 Å². The van der Waals surface area contributed by atoms with Crippen molar-refractivity contribution >= 4 is 17.6 Å². The predicted octanol–water partition coefficient (Wildman–Crippen LogP) is 1.82. The van der Waals surface area contributed by atoms with Crippen LogP contribution >= 0.6 is 0 Å². The summed E-state index contributed by atoms with van der Waals surface area (Å²) in [4.78, 5) is 31.9. The van der Waals surface area contributed by atoms with Crippen molar-refractivity contribution < 1.29 is 14.0 Å². The van der Waals surface area contributed by atoms with Crippen LogP contribution in [0.5, 0.6) is 0 Å². The van der Waals surface area contributed by atoms with E-state index in [1.165, 1.54) is 29.2 Å². The average molecular weight is 339 g/mol. The number of carbonyl (C=O) groups is 2. The molecular weight excluding hydrogens is 325 g/mol. The second kappa shape index (κ2) is 6.91. The number of amides is 2. The molecule has 2 aromatic heterocycles. The monoisotopic (exact) mass is 339 g/mol. The van der Waals surface area contributed by atoms with Crippen LogP contribution in [0.2, 0.25) is 0 Å². The number of benzene rings is 1. The van der Waals surface area contributed by atoms with E-state index in [1.54, 1.807) is 30.5 Å².